The van der Waals surface area contributed by atoms with Gasteiger partial charge in [-0.15, -0.1) is 0 Å². The predicted octanol–water partition coefficient (Wildman–Crippen LogP) is 2.37. The molecule has 0 spiro atoms. The first-order valence-corrected chi connectivity index (χ1v) is 13.2. The van der Waals surface area contributed by atoms with E-state index in [0.29, 0.717) is 12.3 Å². The van der Waals surface area contributed by atoms with Gasteiger partial charge in [-0.05, 0) is 45.9 Å². The molecule has 1 aliphatic rings. The van der Waals surface area contributed by atoms with E-state index in [0.717, 1.165) is 0 Å². The Balaban J connectivity index is 2.47. The number of urea groups is 1. The van der Waals surface area contributed by atoms with E-state index in [9.17, 15) is 18.0 Å². The highest BCUT2D eigenvalue weighted by molar-refractivity contribution is 7.92. The molecule has 192 valence electrons. The highest BCUT2D eigenvalue weighted by atomic mass is 32.2. The number of hydrogen-bond donors (Lipinski definition) is 2. The van der Waals surface area contributed by atoms with E-state index in [1.54, 1.807) is 31.2 Å². The lowest BCUT2D eigenvalue weighted by Gasteiger charge is -2.36. The molecule has 0 bridgehead atoms. The Morgan fingerprint density at radius 1 is 1.26 bits per heavy atom. The Kier molecular flexibility index (Phi) is 9.57. The van der Waals surface area contributed by atoms with Gasteiger partial charge in [0.15, 0.2) is 0 Å². The van der Waals surface area contributed by atoms with Crippen LogP contribution in [-0.4, -0.2) is 88.0 Å². The minimum atomic E-state index is -3.51. The number of fused-ring (bicyclic) bond motifs is 1. The molecule has 0 unspecified atom stereocenters. The van der Waals surface area contributed by atoms with Gasteiger partial charge in [0.1, 0.15) is 12.4 Å². The number of amides is 3. The Hall–Kier alpha value is -2.53. The third kappa shape index (κ3) is 7.23. The molecule has 1 aromatic carbocycles. The first-order valence-electron chi connectivity index (χ1n) is 11.5. The summed E-state index contributed by atoms with van der Waals surface area (Å²) in [6.45, 7) is 10.1. The minimum absolute atomic E-state index is 0.0228. The Labute approximate surface area is 203 Å². The van der Waals surface area contributed by atoms with E-state index in [4.69, 9.17) is 9.47 Å². The van der Waals surface area contributed by atoms with E-state index >= 15 is 0 Å². The maximum atomic E-state index is 13.3. The minimum Gasteiger partial charge on any atom is -0.491 e. The second kappa shape index (κ2) is 11.7. The molecule has 34 heavy (non-hydrogen) atoms. The zero-order chi connectivity index (χ0) is 25.6. The van der Waals surface area contributed by atoms with Crippen molar-refractivity contribution in [2.24, 2.45) is 5.92 Å². The second-order valence-electron chi connectivity index (χ2n) is 9.07. The maximum absolute atomic E-state index is 13.3. The van der Waals surface area contributed by atoms with E-state index in [1.165, 1.54) is 17.9 Å². The molecule has 2 rings (SSSR count). The highest BCUT2D eigenvalue weighted by Crippen LogP contribution is 2.27. The molecule has 1 aliphatic heterocycles. The van der Waals surface area contributed by atoms with Crippen LogP contribution >= 0.6 is 0 Å². The van der Waals surface area contributed by atoms with Crippen LogP contribution in [0.3, 0.4) is 0 Å². The number of sulfonamides is 1. The molecule has 0 aromatic heterocycles. The molecular weight excluding hydrogens is 460 g/mol. The Bertz CT molecular complexity index is 968. The first kappa shape index (κ1) is 27.7. The lowest BCUT2D eigenvalue weighted by Crippen LogP contribution is -2.52. The normalized spacial score (nSPS) is 22.4. The quantitative estimate of drug-likeness (QED) is 0.644. The van der Waals surface area contributed by atoms with Gasteiger partial charge in [0, 0.05) is 44.9 Å². The molecule has 1 aromatic rings. The molecule has 10 nitrogen and oxygen atoms in total. The van der Waals surface area contributed by atoms with Crippen LogP contribution in [-0.2, 0) is 14.8 Å². The average molecular weight is 499 g/mol. The van der Waals surface area contributed by atoms with Crippen molar-refractivity contribution in [1.82, 2.24) is 15.1 Å². The third-order valence-electron chi connectivity index (χ3n) is 5.77. The van der Waals surface area contributed by atoms with Crippen LogP contribution in [0, 0.1) is 5.92 Å². The fraction of sp³-hybridized carbons (Fsp3) is 0.652. The molecule has 0 saturated carbocycles. The number of hydrogen-bond acceptors (Lipinski definition) is 6. The summed E-state index contributed by atoms with van der Waals surface area (Å²) in [5.74, 6) is -0.158. The van der Waals surface area contributed by atoms with Crippen molar-refractivity contribution in [3.8, 4) is 5.75 Å². The van der Waals surface area contributed by atoms with Crippen LogP contribution in [0.1, 0.15) is 45.0 Å². The van der Waals surface area contributed by atoms with Gasteiger partial charge in [-0.25, -0.2) is 13.2 Å². The van der Waals surface area contributed by atoms with Crippen molar-refractivity contribution in [2.45, 2.75) is 52.8 Å². The molecule has 2 N–H and O–H groups in total. The molecule has 0 radical (unpaired) electrons. The van der Waals surface area contributed by atoms with Gasteiger partial charge in [0.2, 0.25) is 10.0 Å². The van der Waals surface area contributed by atoms with Gasteiger partial charge >= 0.3 is 6.03 Å². The fourth-order valence-corrected chi connectivity index (χ4v) is 4.33. The lowest BCUT2D eigenvalue weighted by molar-refractivity contribution is 0.0165. The third-order valence-corrected chi connectivity index (χ3v) is 7.08. The van der Waals surface area contributed by atoms with Gasteiger partial charge in [-0.2, -0.15) is 0 Å². The van der Waals surface area contributed by atoms with Gasteiger partial charge < -0.3 is 24.6 Å². The van der Waals surface area contributed by atoms with Crippen LogP contribution in [0.5, 0.6) is 5.75 Å². The zero-order valence-electron chi connectivity index (χ0n) is 21.1. The number of carbonyl (C=O) groups excluding carboxylic acids is 2. The number of nitrogens with one attached hydrogen (secondary N) is 2. The Morgan fingerprint density at radius 2 is 1.94 bits per heavy atom. The van der Waals surface area contributed by atoms with Crippen LogP contribution in [0.4, 0.5) is 10.5 Å². The van der Waals surface area contributed by atoms with Crippen molar-refractivity contribution < 1.29 is 27.5 Å². The van der Waals surface area contributed by atoms with E-state index in [2.05, 4.69) is 10.0 Å². The van der Waals surface area contributed by atoms with E-state index in [-0.39, 0.29) is 66.2 Å². The number of likely N-dealkylation sites (N-methyl/N-ethyl adjacent to an activating group) is 1. The number of rotatable bonds is 5. The lowest BCUT2D eigenvalue weighted by atomic mass is 10.0. The number of carbonyl (C=O) groups is 2. The summed E-state index contributed by atoms with van der Waals surface area (Å²) >= 11 is 0. The summed E-state index contributed by atoms with van der Waals surface area (Å²) in [5, 5.41) is 2.94. The molecule has 1 heterocycles. The zero-order valence-corrected chi connectivity index (χ0v) is 21.9. The maximum Gasteiger partial charge on any atom is 0.317 e. The van der Waals surface area contributed by atoms with Crippen molar-refractivity contribution >= 4 is 27.6 Å². The molecule has 11 heteroatoms. The van der Waals surface area contributed by atoms with Gasteiger partial charge in [0.25, 0.3) is 5.91 Å². The summed E-state index contributed by atoms with van der Waals surface area (Å²) in [4.78, 5) is 29.5. The standard InChI is InChI=1S/C23H38N4O6S/c1-8-34(30,31)25-18-9-10-20-19(11-18)22(28)26(6)13-21(32-7)16(4)12-27(17(5)14-33-20)23(29)24-15(2)3/h9-11,15-17,21,25H,8,12-14H2,1-7H3,(H,24,29)/t16-,17+,21-/m1/s1. The van der Waals surface area contributed by atoms with Crippen LogP contribution < -0.4 is 14.8 Å². The molecule has 0 saturated heterocycles. The summed E-state index contributed by atoms with van der Waals surface area (Å²) in [6.07, 6.45) is -0.318. The average Bonchev–Trinajstić information content (AvgIpc) is 2.77. The van der Waals surface area contributed by atoms with Crippen LogP contribution in [0.15, 0.2) is 18.2 Å². The van der Waals surface area contributed by atoms with Crippen molar-refractivity contribution in [3.05, 3.63) is 23.8 Å². The topological polar surface area (TPSA) is 117 Å². The SMILES string of the molecule is CCS(=O)(=O)Nc1ccc2c(c1)C(=O)N(C)C[C@@H](OC)[C@H](C)CN(C(=O)NC(C)C)[C@@H](C)CO2. The smallest absolute Gasteiger partial charge is 0.317 e. The number of benzene rings is 1. The highest BCUT2D eigenvalue weighted by Gasteiger charge is 2.30. The van der Waals surface area contributed by atoms with Gasteiger partial charge in [-0.3, -0.25) is 9.52 Å². The monoisotopic (exact) mass is 498 g/mol. The summed E-state index contributed by atoms with van der Waals surface area (Å²) < 4.78 is 38.2. The number of ether oxygens (including phenoxy) is 2. The number of nitrogens with zero attached hydrogens (tertiary/aromatic N) is 2. The van der Waals surface area contributed by atoms with Crippen LogP contribution in [0.2, 0.25) is 0 Å². The molecule has 3 atom stereocenters. The largest absolute Gasteiger partial charge is 0.491 e. The summed E-state index contributed by atoms with van der Waals surface area (Å²) in [6, 6.07) is 4.09. The van der Waals surface area contributed by atoms with Gasteiger partial charge in [-0.1, -0.05) is 6.92 Å². The summed E-state index contributed by atoms with van der Waals surface area (Å²) in [7, 11) is -0.269. The van der Waals surface area contributed by atoms with Crippen molar-refractivity contribution in [2.75, 3.05) is 44.3 Å². The Morgan fingerprint density at radius 3 is 2.53 bits per heavy atom. The van der Waals surface area contributed by atoms with Crippen molar-refractivity contribution in [3.63, 3.8) is 0 Å². The predicted molar refractivity (Wildman–Crippen MR) is 132 cm³/mol. The molecule has 3 amide bonds. The second-order valence-corrected chi connectivity index (χ2v) is 11.1. The van der Waals surface area contributed by atoms with E-state index in [1.807, 2.05) is 27.7 Å². The molecule has 0 aliphatic carbocycles. The summed E-state index contributed by atoms with van der Waals surface area (Å²) in [5.41, 5.74) is 0.507. The molecular formula is C23H38N4O6S. The van der Waals surface area contributed by atoms with E-state index < -0.39 is 10.0 Å². The number of methoxy groups -OCH3 is 1. The van der Waals surface area contributed by atoms with Crippen LogP contribution in [0.25, 0.3) is 0 Å². The van der Waals surface area contributed by atoms with Gasteiger partial charge in [0.05, 0.1) is 23.5 Å². The fourth-order valence-electron chi connectivity index (χ4n) is 3.70. The first-order chi connectivity index (χ1) is 15.9. The number of anilines is 1. The molecule has 0 fully saturated rings. The van der Waals surface area contributed by atoms with Crippen molar-refractivity contribution in [1.29, 1.82) is 0 Å².